The van der Waals surface area contributed by atoms with Crippen LogP contribution in [-0.4, -0.2) is 51.1 Å². The number of rotatable bonds is 5. The molecule has 0 atom stereocenters. The molecule has 6 nitrogen and oxygen atoms in total. The largest absolute Gasteiger partial charge is 0.369 e. The molecule has 0 aromatic heterocycles. The van der Waals surface area contributed by atoms with Crippen molar-refractivity contribution < 1.29 is 13.2 Å². The quantitative estimate of drug-likeness (QED) is 0.700. The summed E-state index contributed by atoms with van der Waals surface area (Å²) in [4.78, 5) is 14.3. The molecule has 2 aromatic carbocycles. The van der Waals surface area contributed by atoms with Crippen LogP contribution < -0.4 is 10.2 Å². The molecule has 1 aliphatic rings. The van der Waals surface area contributed by atoms with Gasteiger partial charge in [0.05, 0.1) is 6.26 Å². The lowest BCUT2D eigenvalue weighted by molar-refractivity contribution is -0.111. The van der Waals surface area contributed by atoms with Gasteiger partial charge >= 0.3 is 0 Å². The van der Waals surface area contributed by atoms with Crippen LogP contribution in [0.4, 0.5) is 11.4 Å². The molecule has 0 aliphatic carbocycles. The molecule has 1 aliphatic heterocycles. The van der Waals surface area contributed by atoms with E-state index in [0.717, 1.165) is 5.69 Å². The second kappa shape index (κ2) is 9.17. The molecule has 1 saturated heterocycles. The lowest BCUT2D eigenvalue weighted by Gasteiger charge is -2.34. The molecule has 0 spiro atoms. The number of halogens is 2. The van der Waals surface area contributed by atoms with Gasteiger partial charge in [-0.05, 0) is 48.0 Å². The predicted molar refractivity (Wildman–Crippen MR) is 119 cm³/mol. The summed E-state index contributed by atoms with van der Waals surface area (Å²) in [5.74, 6) is -0.273. The van der Waals surface area contributed by atoms with Crippen LogP contribution in [0.5, 0.6) is 0 Å². The van der Waals surface area contributed by atoms with Gasteiger partial charge in [0.25, 0.3) is 0 Å². The van der Waals surface area contributed by atoms with Gasteiger partial charge in [0, 0.05) is 53.7 Å². The molecular weight excluding hydrogens is 433 g/mol. The fourth-order valence-electron chi connectivity index (χ4n) is 3.02. The standard InChI is InChI=1S/C20H21Cl2N3O3S/c1-29(27,28)25-12-10-24(11-13-25)18-7-5-17(6-8-18)23-20(26)9-3-15-2-4-16(21)14-19(15)22/h2-9,14H,10-13H2,1H3,(H,23,26)/b9-3+. The highest BCUT2D eigenvalue weighted by atomic mass is 35.5. The van der Waals surface area contributed by atoms with Crippen molar-refractivity contribution in [2.24, 2.45) is 0 Å². The normalized spacial score (nSPS) is 15.6. The van der Waals surface area contributed by atoms with E-state index >= 15 is 0 Å². The van der Waals surface area contributed by atoms with Crippen LogP contribution in [0.2, 0.25) is 10.0 Å². The highest BCUT2D eigenvalue weighted by molar-refractivity contribution is 7.88. The Kier molecular flexibility index (Phi) is 6.85. The van der Waals surface area contributed by atoms with Gasteiger partial charge in [-0.15, -0.1) is 0 Å². The van der Waals surface area contributed by atoms with Crippen molar-refractivity contribution in [1.29, 1.82) is 0 Å². The van der Waals surface area contributed by atoms with E-state index in [1.54, 1.807) is 24.3 Å². The Labute approximate surface area is 180 Å². The number of carbonyl (C=O) groups is 1. The molecule has 1 N–H and O–H groups in total. The summed E-state index contributed by atoms with van der Waals surface area (Å²) in [5, 5.41) is 3.81. The van der Waals surface area contributed by atoms with Gasteiger partial charge in [-0.2, -0.15) is 4.31 Å². The molecular formula is C20H21Cl2N3O3S. The second-order valence-electron chi connectivity index (χ2n) is 6.68. The van der Waals surface area contributed by atoms with Gasteiger partial charge in [0.1, 0.15) is 0 Å². The van der Waals surface area contributed by atoms with Gasteiger partial charge in [0.2, 0.25) is 15.9 Å². The van der Waals surface area contributed by atoms with E-state index in [4.69, 9.17) is 23.2 Å². The van der Waals surface area contributed by atoms with Crippen molar-refractivity contribution in [2.75, 3.05) is 42.7 Å². The molecule has 1 amide bonds. The average Bonchev–Trinajstić information content (AvgIpc) is 2.67. The van der Waals surface area contributed by atoms with E-state index in [1.807, 2.05) is 24.3 Å². The van der Waals surface area contributed by atoms with Gasteiger partial charge in [-0.3, -0.25) is 4.79 Å². The summed E-state index contributed by atoms with van der Waals surface area (Å²) < 4.78 is 24.7. The molecule has 29 heavy (non-hydrogen) atoms. The number of carbonyl (C=O) groups excluding carboxylic acids is 1. The molecule has 1 heterocycles. The van der Waals surface area contributed by atoms with Crippen molar-refractivity contribution in [1.82, 2.24) is 4.31 Å². The molecule has 0 radical (unpaired) electrons. The minimum absolute atomic E-state index is 0.273. The smallest absolute Gasteiger partial charge is 0.248 e. The highest BCUT2D eigenvalue weighted by Gasteiger charge is 2.23. The Hall–Kier alpha value is -2.06. The van der Waals surface area contributed by atoms with E-state index in [9.17, 15) is 13.2 Å². The number of hydrogen-bond acceptors (Lipinski definition) is 4. The number of nitrogens with zero attached hydrogens (tertiary/aromatic N) is 2. The molecule has 3 rings (SSSR count). The van der Waals surface area contributed by atoms with E-state index in [0.29, 0.717) is 47.5 Å². The zero-order valence-corrected chi connectivity index (χ0v) is 18.1. The molecule has 0 unspecified atom stereocenters. The Morgan fingerprint density at radius 2 is 1.69 bits per heavy atom. The predicted octanol–water partition coefficient (Wildman–Crippen LogP) is 3.73. The van der Waals surface area contributed by atoms with Crippen molar-refractivity contribution in [3.63, 3.8) is 0 Å². The number of piperazine rings is 1. The fourth-order valence-corrected chi connectivity index (χ4v) is 4.32. The van der Waals surface area contributed by atoms with Gasteiger partial charge in [-0.1, -0.05) is 29.3 Å². The zero-order chi connectivity index (χ0) is 21.0. The SMILES string of the molecule is CS(=O)(=O)N1CCN(c2ccc(NC(=O)/C=C/c3ccc(Cl)cc3Cl)cc2)CC1. The third-order valence-corrected chi connectivity index (χ3v) is 6.45. The summed E-state index contributed by atoms with van der Waals surface area (Å²) in [5.41, 5.74) is 2.36. The minimum atomic E-state index is -3.14. The van der Waals surface area contributed by atoms with E-state index in [2.05, 4.69) is 10.2 Å². The Balaban J connectivity index is 1.56. The van der Waals surface area contributed by atoms with Crippen molar-refractivity contribution in [3.05, 3.63) is 64.1 Å². The number of benzene rings is 2. The first-order valence-electron chi connectivity index (χ1n) is 8.96. The van der Waals surface area contributed by atoms with E-state index in [-0.39, 0.29) is 5.91 Å². The summed E-state index contributed by atoms with van der Waals surface area (Å²) in [6, 6.07) is 12.5. The van der Waals surface area contributed by atoms with Gasteiger partial charge < -0.3 is 10.2 Å². The monoisotopic (exact) mass is 453 g/mol. The van der Waals surface area contributed by atoms with Crippen LogP contribution in [0.15, 0.2) is 48.5 Å². The summed E-state index contributed by atoms with van der Waals surface area (Å²) in [7, 11) is -3.14. The number of amides is 1. The number of anilines is 2. The van der Waals surface area contributed by atoms with Crippen LogP contribution in [0.1, 0.15) is 5.56 Å². The highest BCUT2D eigenvalue weighted by Crippen LogP contribution is 2.23. The second-order valence-corrected chi connectivity index (χ2v) is 9.51. The first kappa shape index (κ1) is 21.6. The fraction of sp³-hybridized carbons (Fsp3) is 0.250. The number of hydrogen-bond donors (Lipinski definition) is 1. The van der Waals surface area contributed by atoms with Crippen LogP contribution in [0, 0.1) is 0 Å². The maximum atomic E-state index is 12.1. The summed E-state index contributed by atoms with van der Waals surface area (Å²) in [6.07, 6.45) is 4.27. The molecule has 1 fully saturated rings. The molecule has 0 bridgehead atoms. The maximum Gasteiger partial charge on any atom is 0.248 e. The van der Waals surface area contributed by atoms with Crippen molar-refractivity contribution in [3.8, 4) is 0 Å². The average molecular weight is 454 g/mol. The van der Waals surface area contributed by atoms with E-state index < -0.39 is 10.0 Å². The number of sulfonamides is 1. The third-order valence-electron chi connectivity index (χ3n) is 4.58. The Morgan fingerprint density at radius 3 is 2.28 bits per heavy atom. The van der Waals surface area contributed by atoms with Crippen LogP contribution in [0.3, 0.4) is 0 Å². The lowest BCUT2D eigenvalue weighted by atomic mass is 10.2. The van der Waals surface area contributed by atoms with E-state index in [1.165, 1.54) is 16.6 Å². The Bertz CT molecular complexity index is 1020. The number of nitrogens with one attached hydrogen (secondary N) is 1. The molecule has 0 saturated carbocycles. The maximum absolute atomic E-state index is 12.1. The summed E-state index contributed by atoms with van der Waals surface area (Å²) >= 11 is 12.0. The van der Waals surface area contributed by atoms with Crippen LogP contribution in [-0.2, 0) is 14.8 Å². The van der Waals surface area contributed by atoms with Gasteiger partial charge in [-0.25, -0.2) is 8.42 Å². The van der Waals surface area contributed by atoms with Crippen molar-refractivity contribution in [2.45, 2.75) is 0 Å². The topological polar surface area (TPSA) is 69.7 Å². The van der Waals surface area contributed by atoms with Crippen LogP contribution in [0.25, 0.3) is 6.08 Å². The molecule has 9 heteroatoms. The first-order chi connectivity index (χ1) is 13.7. The van der Waals surface area contributed by atoms with Gasteiger partial charge in [0.15, 0.2) is 0 Å². The molecule has 2 aromatic rings. The van der Waals surface area contributed by atoms with Crippen molar-refractivity contribution >= 4 is 56.6 Å². The minimum Gasteiger partial charge on any atom is -0.369 e. The first-order valence-corrected chi connectivity index (χ1v) is 11.6. The van der Waals surface area contributed by atoms with Crippen LogP contribution >= 0.6 is 23.2 Å². The Morgan fingerprint density at radius 1 is 1.03 bits per heavy atom. The summed E-state index contributed by atoms with van der Waals surface area (Å²) in [6.45, 7) is 2.19. The zero-order valence-electron chi connectivity index (χ0n) is 15.8. The molecule has 154 valence electrons. The third kappa shape index (κ3) is 5.96. The lowest BCUT2D eigenvalue weighted by Crippen LogP contribution is -2.48.